The summed E-state index contributed by atoms with van der Waals surface area (Å²) in [6.07, 6.45) is 4.62. The van der Waals surface area contributed by atoms with Gasteiger partial charge in [0.25, 0.3) is 5.69 Å². The summed E-state index contributed by atoms with van der Waals surface area (Å²) in [5, 5.41) is 14.4. The Kier molecular flexibility index (Phi) is 6.72. The van der Waals surface area contributed by atoms with Crippen LogP contribution in [0.3, 0.4) is 0 Å². The predicted octanol–water partition coefficient (Wildman–Crippen LogP) is 4.43. The van der Waals surface area contributed by atoms with Gasteiger partial charge >= 0.3 is 0 Å². The third kappa shape index (κ3) is 4.04. The zero-order valence-electron chi connectivity index (χ0n) is 13.5. The maximum Gasteiger partial charge on any atom is 0.269 e. The summed E-state index contributed by atoms with van der Waals surface area (Å²) in [7, 11) is 0. The molecule has 7 heteroatoms. The lowest BCUT2D eigenvalue weighted by Crippen LogP contribution is -2.37. The van der Waals surface area contributed by atoms with Crippen molar-refractivity contribution >= 4 is 30.5 Å². The SMILES string of the molecule is CC1(C)N[C@H](c2ccc([N+](=O)[O-])cc2)C[C@@H]1c1ccncc1.Cl.Cl. The fourth-order valence-electron chi connectivity index (χ4n) is 3.34. The number of nitrogens with one attached hydrogen (secondary N) is 1. The summed E-state index contributed by atoms with van der Waals surface area (Å²) in [6, 6.07) is 11.2. The van der Waals surface area contributed by atoms with Crippen LogP contribution < -0.4 is 5.32 Å². The summed E-state index contributed by atoms with van der Waals surface area (Å²) < 4.78 is 0. The largest absolute Gasteiger partial charge is 0.304 e. The van der Waals surface area contributed by atoms with Crippen LogP contribution in [0.5, 0.6) is 0 Å². The van der Waals surface area contributed by atoms with Crippen molar-refractivity contribution in [3.8, 4) is 0 Å². The molecule has 1 fully saturated rings. The van der Waals surface area contributed by atoms with Crippen molar-refractivity contribution in [1.29, 1.82) is 0 Å². The average molecular weight is 370 g/mol. The first-order valence-electron chi connectivity index (χ1n) is 7.39. The van der Waals surface area contributed by atoms with Crippen molar-refractivity contribution in [3.63, 3.8) is 0 Å². The number of nitro groups is 1. The fraction of sp³-hybridized carbons (Fsp3) is 0.353. The van der Waals surface area contributed by atoms with Crippen molar-refractivity contribution in [3.05, 3.63) is 70.0 Å². The van der Waals surface area contributed by atoms with E-state index in [9.17, 15) is 10.1 Å². The van der Waals surface area contributed by atoms with E-state index in [-0.39, 0.29) is 47.0 Å². The van der Waals surface area contributed by atoms with E-state index in [0.29, 0.717) is 5.92 Å². The molecular formula is C17H21Cl2N3O2. The van der Waals surface area contributed by atoms with E-state index in [1.807, 2.05) is 24.5 Å². The van der Waals surface area contributed by atoms with Gasteiger partial charge in [-0.25, -0.2) is 0 Å². The van der Waals surface area contributed by atoms with Gasteiger partial charge in [-0.05, 0) is 43.5 Å². The molecule has 0 bridgehead atoms. The molecular weight excluding hydrogens is 349 g/mol. The Morgan fingerprint density at radius 2 is 1.67 bits per heavy atom. The molecule has 24 heavy (non-hydrogen) atoms. The molecule has 0 saturated carbocycles. The predicted molar refractivity (Wildman–Crippen MR) is 99.1 cm³/mol. The molecule has 1 aliphatic rings. The highest BCUT2D eigenvalue weighted by atomic mass is 35.5. The summed E-state index contributed by atoms with van der Waals surface area (Å²) in [5.41, 5.74) is 2.46. The Hall–Kier alpha value is -1.69. The van der Waals surface area contributed by atoms with Crippen LogP contribution in [-0.2, 0) is 0 Å². The Bertz CT molecular complexity index is 678. The molecule has 1 saturated heterocycles. The Balaban J connectivity index is 0.00000144. The smallest absolute Gasteiger partial charge is 0.269 e. The van der Waals surface area contributed by atoms with Gasteiger partial charge in [-0.2, -0.15) is 0 Å². The average Bonchev–Trinajstić information content (AvgIpc) is 2.84. The van der Waals surface area contributed by atoms with Crippen molar-refractivity contribution < 1.29 is 4.92 Å². The first kappa shape index (κ1) is 20.4. The van der Waals surface area contributed by atoms with E-state index in [0.717, 1.165) is 12.0 Å². The van der Waals surface area contributed by atoms with Crippen LogP contribution in [-0.4, -0.2) is 15.4 Å². The molecule has 0 aliphatic carbocycles. The minimum atomic E-state index is -0.366. The van der Waals surface area contributed by atoms with Crippen LogP contribution in [0.1, 0.15) is 43.4 Å². The molecule has 1 aliphatic heterocycles. The second kappa shape index (κ2) is 7.92. The molecule has 2 atom stereocenters. The third-order valence-electron chi connectivity index (χ3n) is 4.50. The maximum atomic E-state index is 10.8. The number of nitrogens with zero attached hydrogens (tertiary/aromatic N) is 2. The van der Waals surface area contributed by atoms with E-state index in [4.69, 9.17) is 0 Å². The number of pyridine rings is 1. The molecule has 130 valence electrons. The van der Waals surface area contributed by atoms with Crippen LogP contribution in [0.4, 0.5) is 5.69 Å². The lowest BCUT2D eigenvalue weighted by molar-refractivity contribution is -0.384. The zero-order valence-corrected chi connectivity index (χ0v) is 15.1. The highest BCUT2D eigenvalue weighted by Gasteiger charge is 2.41. The van der Waals surface area contributed by atoms with Gasteiger partial charge < -0.3 is 5.32 Å². The minimum Gasteiger partial charge on any atom is -0.304 e. The van der Waals surface area contributed by atoms with Crippen molar-refractivity contribution in [1.82, 2.24) is 10.3 Å². The Labute approximate surface area is 153 Å². The molecule has 3 rings (SSSR count). The zero-order chi connectivity index (χ0) is 15.7. The van der Waals surface area contributed by atoms with E-state index in [2.05, 4.69) is 36.3 Å². The number of benzene rings is 1. The normalized spacial score (nSPS) is 21.4. The number of nitro benzene ring substituents is 1. The topological polar surface area (TPSA) is 68.1 Å². The van der Waals surface area contributed by atoms with Crippen LogP contribution in [0.2, 0.25) is 0 Å². The Morgan fingerprint density at radius 1 is 1.08 bits per heavy atom. The second-order valence-corrected chi connectivity index (χ2v) is 6.34. The van der Waals surface area contributed by atoms with Crippen LogP contribution in [0.25, 0.3) is 0 Å². The summed E-state index contributed by atoms with van der Waals surface area (Å²) >= 11 is 0. The monoisotopic (exact) mass is 369 g/mol. The van der Waals surface area contributed by atoms with Gasteiger partial charge in [0.2, 0.25) is 0 Å². The third-order valence-corrected chi connectivity index (χ3v) is 4.50. The van der Waals surface area contributed by atoms with E-state index < -0.39 is 0 Å². The number of non-ortho nitro benzene ring substituents is 1. The molecule has 1 N–H and O–H groups in total. The molecule has 1 aromatic heterocycles. The lowest BCUT2D eigenvalue weighted by Gasteiger charge is -2.27. The standard InChI is InChI=1S/C17H19N3O2.2ClH/c1-17(2)15(12-7-9-18-10-8-12)11-16(19-17)13-3-5-14(6-4-13)20(21)22;;/h3-10,15-16,19H,11H2,1-2H3;2*1H/t15-,16+;;/m1../s1. The van der Waals surface area contributed by atoms with Gasteiger partial charge in [0, 0.05) is 42.0 Å². The van der Waals surface area contributed by atoms with Crippen LogP contribution in [0, 0.1) is 10.1 Å². The second-order valence-electron chi connectivity index (χ2n) is 6.34. The van der Waals surface area contributed by atoms with Gasteiger partial charge in [0.05, 0.1) is 4.92 Å². The van der Waals surface area contributed by atoms with Crippen molar-refractivity contribution in [2.45, 2.75) is 37.8 Å². The number of rotatable bonds is 3. The number of halogens is 2. The fourth-order valence-corrected chi connectivity index (χ4v) is 3.34. The molecule has 0 amide bonds. The molecule has 1 aromatic carbocycles. The van der Waals surface area contributed by atoms with E-state index in [1.165, 1.54) is 5.56 Å². The molecule has 0 radical (unpaired) electrons. The van der Waals surface area contributed by atoms with E-state index in [1.54, 1.807) is 12.1 Å². The highest BCUT2D eigenvalue weighted by Crippen LogP contribution is 2.43. The van der Waals surface area contributed by atoms with Gasteiger partial charge in [-0.1, -0.05) is 12.1 Å². The lowest BCUT2D eigenvalue weighted by atomic mass is 9.83. The van der Waals surface area contributed by atoms with Gasteiger partial charge in [-0.3, -0.25) is 15.1 Å². The molecule has 0 spiro atoms. The number of hydrogen-bond donors (Lipinski definition) is 1. The summed E-state index contributed by atoms with van der Waals surface area (Å²) in [4.78, 5) is 14.5. The first-order chi connectivity index (χ1) is 10.5. The van der Waals surface area contributed by atoms with Crippen molar-refractivity contribution in [2.24, 2.45) is 0 Å². The molecule has 5 nitrogen and oxygen atoms in total. The number of hydrogen-bond acceptors (Lipinski definition) is 4. The first-order valence-corrected chi connectivity index (χ1v) is 7.39. The minimum absolute atomic E-state index is 0. The van der Waals surface area contributed by atoms with Crippen molar-refractivity contribution in [2.75, 3.05) is 0 Å². The van der Waals surface area contributed by atoms with Crippen LogP contribution >= 0.6 is 24.8 Å². The molecule has 2 heterocycles. The maximum absolute atomic E-state index is 10.8. The quantitative estimate of drug-likeness (QED) is 0.641. The van der Waals surface area contributed by atoms with Gasteiger partial charge in [-0.15, -0.1) is 24.8 Å². The van der Waals surface area contributed by atoms with Gasteiger partial charge in [0.15, 0.2) is 0 Å². The van der Waals surface area contributed by atoms with Gasteiger partial charge in [0.1, 0.15) is 0 Å². The highest BCUT2D eigenvalue weighted by molar-refractivity contribution is 5.85. The Morgan fingerprint density at radius 3 is 2.21 bits per heavy atom. The molecule has 2 aromatic rings. The summed E-state index contributed by atoms with van der Waals surface area (Å²) in [5.74, 6) is 0.385. The van der Waals surface area contributed by atoms with Crippen LogP contribution in [0.15, 0.2) is 48.8 Å². The number of aromatic nitrogens is 1. The molecule has 0 unspecified atom stereocenters. The van der Waals surface area contributed by atoms with E-state index >= 15 is 0 Å². The summed E-state index contributed by atoms with van der Waals surface area (Å²) in [6.45, 7) is 4.40.